The van der Waals surface area contributed by atoms with Crippen molar-refractivity contribution in [2.24, 2.45) is 5.92 Å². The Hall–Kier alpha value is -3.33. The molecule has 0 aromatic carbocycles. The maximum absolute atomic E-state index is 12.7. The van der Waals surface area contributed by atoms with Gasteiger partial charge in [-0.25, -0.2) is 14.4 Å². The van der Waals surface area contributed by atoms with Crippen molar-refractivity contribution >= 4 is 17.9 Å². The van der Waals surface area contributed by atoms with E-state index in [0.717, 1.165) is 13.8 Å². The summed E-state index contributed by atoms with van der Waals surface area (Å²) in [5, 5.41) is 27.7. The molecule has 9 nitrogen and oxygen atoms in total. The third-order valence-electron chi connectivity index (χ3n) is 7.19. The third-order valence-corrected chi connectivity index (χ3v) is 7.19. The molecule has 0 radical (unpaired) electrons. The smallest absolute Gasteiger partial charge is 0.426 e. The van der Waals surface area contributed by atoms with Gasteiger partial charge in [-0.15, -0.1) is 0 Å². The maximum atomic E-state index is 12.7. The number of rotatable bonds is 13. The standard InChI is InChI=1S/C13H18F6O3.2C10H15F3O3/c1-7(2)5-9(22-10(20)8(3)4)6-11(21,12(14,15)16)13(17,18)19;1-6(2)7(14)16-8(3,4)9(5,15)10(11,12)13;1-6(2)8(14)16-7(3)5-9(4,15)10(11,12)13/h7,9,21H,3,5-6H2,1-2,4H3;15H,1H2,2-5H3;7,15H,1,5H2,2-4H3. The van der Waals surface area contributed by atoms with Crippen LogP contribution in [0.1, 0.15) is 88.5 Å². The Morgan fingerprint density at radius 2 is 0.926 bits per heavy atom. The Morgan fingerprint density at radius 3 is 1.20 bits per heavy atom. The van der Waals surface area contributed by atoms with Gasteiger partial charge in [0.1, 0.15) is 17.8 Å². The van der Waals surface area contributed by atoms with Crippen LogP contribution in [-0.4, -0.2) is 92.5 Å². The summed E-state index contributed by atoms with van der Waals surface area (Å²) in [6, 6.07) is 0. The molecule has 0 rings (SSSR count). The van der Waals surface area contributed by atoms with Crippen LogP contribution >= 0.6 is 0 Å². The van der Waals surface area contributed by atoms with Gasteiger partial charge in [0.25, 0.3) is 5.60 Å². The average molecular weight is 817 g/mol. The topological polar surface area (TPSA) is 140 Å². The molecule has 0 aliphatic carbocycles. The Labute approximate surface area is 305 Å². The van der Waals surface area contributed by atoms with Gasteiger partial charge in [0, 0.05) is 29.6 Å². The highest BCUT2D eigenvalue weighted by atomic mass is 19.4. The molecule has 318 valence electrons. The normalized spacial score (nSPS) is 16.1. The first-order valence-corrected chi connectivity index (χ1v) is 15.5. The van der Waals surface area contributed by atoms with Crippen molar-refractivity contribution in [3.63, 3.8) is 0 Å². The number of esters is 3. The fourth-order valence-electron chi connectivity index (χ4n) is 3.43. The molecule has 4 atom stereocenters. The molecular formula is C33H48F12O9. The second kappa shape index (κ2) is 19.5. The summed E-state index contributed by atoms with van der Waals surface area (Å²) in [5.74, 6) is -3.22. The zero-order valence-electron chi connectivity index (χ0n) is 31.3. The molecule has 0 aliphatic heterocycles. The van der Waals surface area contributed by atoms with E-state index in [1.165, 1.54) is 41.5 Å². The van der Waals surface area contributed by atoms with Crippen molar-refractivity contribution in [1.82, 2.24) is 0 Å². The van der Waals surface area contributed by atoms with Crippen LogP contribution in [0.25, 0.3) is 0 Å². The SMILES string of the molecule is C=C(C)C(=O)OC(C)(C)C(C)(O)C(F)(F)F.C=C(C)C(=O)OC(C)CC(C)(O)C(F)(F)F.C=C(C)C(=O)OC(CC(C)C)CC(O)(C(F)(F)F)C(F)(F)F. The highest BCUT2D eigenvalue weighted by molar-refractivity contribution is 5.88. The van der Waals surface area contributed by atoms with E-state index in [1.54, 1.807) is 0 Å². The molecule has 0 saturated heterocycles. The van der Waals surface area contributed by atoms with E-state index in [-0.39, 0.29) is 29.1 Å². The average Bonchev–Trinajstić information content (AvgIpc) is 2.89. The summed E-state index contributed by atoms with van der Waals surface area (Å²) >= 11 is 0. The molecule has 4 unspecified atom stereocenters. The van der Waals surface area contributed by atoms with E-state index in [2.05, 4.69) is 33.9 Å². The van der Waals surface area contributed by atoms with Crippen molar-refractivity contribution in [1.29, 1.82) is 0 Å². The number of carbonyl (C=O) groups excluding carboxylic acids is 3. The van der Waals surface area contributed by atoms with Gasteiger partial charge >= 0.3 is 42.6 Å². The summed E-state index contributed by atoms with van der Waals surface area (Å²) in [4.78, 5) is 33.5. The third kappa shape index (κ3) is 17.0. The van der Waals surface area contributed by atoms with Crippen LogP contribution in [0.4, 0.5) is 52.7 Å². The monoisotopic (exact) mass is 816 g/mol. The molecule has 0 bridgehead atoms. The Bertz CT molecular complexity index is 1290. The molecule has 0 amide bonds. The minimum Gasteiger partial charge on any atom is -0.459 e. The van der Waals surface area contributed by atoms with Crippen LogP contribution in [-0.2, 0) is 28.6 Å². The molecule has 0 saturated carbocycles. The first kappa shape index (κ1) is 55.0. The van der Waals surface area contributed by atoms with Crippen LogP contribution in [0, 0.1) is 5.92 Å². The number of aliphatic hydroxyl groups is 3. The molecule has 3 N–H and O–H groups in total. The summed E-state index contributed by atoms with van der Waals surface area (Å²) in [5.41, 5.74) is -13.2. The molecule has 0 fully saturated rings. The zero-order chi connectivity index (χ0) is 44.4. The van der Waals surface area contributed by atoms with Crippen molar-refractivity contribution in [3.05, 3.63) is 36.5 Å². The van der Waals surface area contributed by atoms with E-state index in [4.69, 9.17) is 10.2 Å². The van der Waals surface area contributed by atoms with E-state index in [9.17, 15) is 72.2 Å². The number of ether oxygens (including phenoxy) is 3. The van der Waals surface area contributed by atoms with E-state index >= 15 is 0 Å². The molecular weight excluding hydrogens is 768 g/mol. The Balaban J connectivity index is -0.000000737. The molecule has 21 heteroatoms. The van der Waals surface area contributed by atoms with Crippen molar-refractivity contribution < 1.29 is 96.6 Å². The molecule has 0 spiro atoms. The summed E-state index contributed by atoms with van der Waals surface area (Å²) in [6.45, 7) is 21.1. The lowest BCUT2D eigenvalue weighted by Gasteiger charge is -2.40. The van der Waals surface area contributed by atoms with Crippen LogP contribution in [0.2, 0.25) is 0 Å². The largest absolute Gasteiger partial charge is 0.459 e. The Kier molecular flexibility index (Phi) is 19.9. The van der Waals surface area contributed by atoms with Crippen LogP contribution < -0.4 is 0 Å². The zero-order valence-corrected chi connectivity index (χ0v) is 31.3. The van der Waals surface area contributed by atoms with Gasteiger partial charge < -0.3 is 29.5 Å². The predicted molar refractivity (Wildman–Crippen MR) is 169 cm³/mol. The van der Waals surface area contributed by atoms with E-state index < -0.39 is 90.1 Å². The first-order valence-electron chi connectivity index (χ1n) is 15.5. The summed E-state index contributed by atoms with van der Waals surface area (Å²) in [7, 11) is 0. The number of alkyl halides is 12. The lowest BCUT2D eigenvalue weighted by molar-refractivity contribution is -0.374. The minimum atomic E-state index is -5.95. The molecule has 0 aromatic rings. The van der Waals surface area contributed by atoms with Gasteiger partial charge in [-0.2, -0.15) is 52.7 Å². The number of carbonyl (C=O) groups is 3. The minimum absolute atomic E-state index is 0.0361. The number of halogens is 12. The quantitative estimate of drug-likeness (QED) is 0.0728. The lowest BCUT2D eigenvalue weighted by atomic mass is 9.86. The van der Waals surface area contributed by atoms with Gasteiger partial charge in [-0.3, -0.25) is 0 Å². The summed E-state index contributed by atoms with van der Waals surface area (Å²) < 4.78 is 164. The fraction of sp³-hybridized carbons (Fsp3) is 0.727. The lowest BCUT2D eigenvalue weighted by Crippen LogP contribution is -2.59. The van der Waals surface area contributed by atoms with Crippen LogP contribution in [0.15, 0.2) is 36.5 Å². The molecule has 0 aliphatic rings. The van der Waals surface area contributed by atoms with Gasteiger partial charge in [0.15, 0.2) is 11.2 Å². The number of hydrogen-bond donors (Lipinski definition) is 3. The predicted octanol–water partition coefficient (Wildman–Crippen LogP) is 8.16. The molecule has 54 heavy (non-hydrogen) atoms. The van der Waals surface area contributed by atoms with Crippen LogP contribution in [0.3, 0.4) is 0 Å². The van der Waals surface area contributed by atoms with Gasteiger partial charge in [0.2, 0.25) is 0 Å². The van der Waals surface area contributed by atoms with Crippen molar-refractivity contribution in [2.75, 3.05) is 0 Å². The fourth-order valence-corrected chi connectivity index (χ4v) is 3.43. The second-order valence-electron chi connectivity index (χ2n) is 13.7. The maximum Gasteiger partial charge on any atom is 0.426 e. The van der Waals surface area contributed by atoms with Crippen LogP contribution in [0.5, 0.6) is 0 Å². The van der Waals surface area contributed by atoms with Crippen molar-refractivity contribution in [3.8, 4) is 0 Å². The summed E-state index contributed by atoms with van der Waals surface area (Å²) in [6.07, 6.45) is -27.1. The van der Waals surface area contributed by atoms with Crippen molar-refractivity contribution in [2.45, 2.75) is 148 Å². The van der Waals surface area contributed by atoms with Gasteiger partial charge in [-0.05, 0) is 67.7 Å². The highest BCUT2D eigenvalue weighted by Crippen LogP contribution is 2.47. The first-order chi connectivity index (χ1) is 23.4. The Morgan fingerprint density at radius 1 is 0.574 bits per heavy atom. The van der Waals surface area contributed by atoms with Gasteiger partial charge in [-0.1, -0.05) is 33.6 Å². The van der Waals surface area contributed by atoms with E-state index in [0.29, 0.717) is 13.8 Å². The second-order valence-corrected chi connectivity index (χ2v) is 13.7. The molecule has 0 aromatic heterocycles. The van der Waals surface area contributed by atoms with E-state index in [1.807, 2.05) is 0 Å². The highest BCUT2D eigenvalue weighted by Gasteiger charge is 2.71. The molecule has 0 heterocycles. The van der Waals surface area contributed by atoms with Gasteiger partial charge in [0.05, 0.1) is 0 Å². The number of hydrogen-bond acceptors (Lipinski definition) is 9.